The molecule has 4 aromatic rings. The highest BCUT2D eigenvalue weighted by molar-refractivity contribution is 7.93. The molecule has 0 N–H and O–H groups in total. The molecule has 2 aliphatic rings. The van der Waals surface area contributed by atoms with Gasteiger partial charge in [0.2, 0.25) is 0 Å². The fourth-order valence-electron chi connectivity index (χ4n) is 5.79. The van der Waals surface area contributed by atoms with E-state index in [-0.39, 0.29) is 41.6 Å². The lowest BCUT2D eigenvalue weighted by molar-refractivity contribution is -0.387. The van der Waals surface area contributed by atoms with Gasteiger partial charge in [0.15, 0.2) is 10.5 Å². The number of ether oxygens (including phenoxy) is 1. The number of amides is 1. The quantitative estimate of drug-likeness (QED) is 0.227. The predicted molar refractivity (Wildman–Crippen MR) is 164 cm³/mol. The molecule has 0 unspecified atom stereocenters. The van der Waals surface area contributed by atoms with E-state index < -0.39 is 43.0 Å². The van der Waals surface area contributed by atoms with Crippen molar-refractivity contribution < 1.29 is 27.3 Å². The second kappa shape index (κ2) is 11.4. The normalized spacial score (nSPS) is 17.7. The lowest BCUT2D eigenvalue weighted by atomic mass is 10.1. The maximum Gasteiger partial charge on any atom is 0.416 e. The van der Waals surface area contributed by atoms with Crippen molar-refractivity contribution in [1.29, 1.82) is 0 Å². The first-order valence-electron chi connectivity index (χ1n) is 14.5. The van der Waals surface area contributed by atoms with E-state index in [0.717, 1.165) is 22.9 Å². The fraction of sp³-hybridized carbons (Fsp3) is 0.367. The summed E-state index contributed by atoms with van der Waals surface area (Å²) in [6, 6.07) is 10.4. The minimum absolute atomic E-state index is 0.0269. The number of hydrogen-bond acceptors (Lipinski definition) is 9. The van der Waals surface area contributed by atoms with Gasteiger partial charge in [-0.05, 0) is 70.5 Å². The van der Waals surface area contributed by atoms with E-state index in [1.165, 1.54) is 45.9 Å². The molecule has 2 aromatic heterocycles. The van der Waals surface area contributed by atoms with Gasteiger partial charge < -0.3 is 4.74 Å². The van der Waals surface area contributed by atoms with E-state index in [0.29, 0.717) is 25.3 Å². The van der Waals surface area contributed by atoms with Crippen LogP contribution < -0.4 is 9.21 Å². The Morgan fingerprint density at radius 3 is 2.62 bits per heavy atom. The molecular formula is C30H32FN7O6S. The molecule has 0 aliphatic carbocycles. The zero-order valence-corrected chi connectivity index (χ0v) is 25.8. The molecule has 6 rings (SSSR count). The first-order valence-corrected chi connectivity index (χ1v) is 15.9. The zero-order valence-electron chi connectivity index (χ0n) is 25.0. The Labute approximate surface area is 259 Å². The lowest BCUT2D eigenvalue weighted by Gasteiger charge is -2.33. The zero-order chi connectivity index (χ0) is 32.1. The van der Waals surface area contributed by atoms with Crippen LogP contribution in [0, 0.1) is 15.9 Å². The summed E-state index contributed by atoms with van der Waals surface area (Å²) in [7, 11) is -4.51. The van der Waals surface area contributed by atoms with Gasteiger partial charge in [0, 0.05) is 49.1 Å². The van der Waals surface area contributed by atoms with Crippen LogP contribution in [0.4, 0.5) is 26.4 Å². The fourth-order valence-corrected chi connectivity index (χ4v) is 7.45. The van der Waals surface area contributed by atoms with Crippen LogP contribution in [0.2, 0.25) is 0 Å². The molecule has 2 aromatic carbocycles. The number of anilines is 2. The summed E-state index contributed by atoms with van der Waals surface area (Å²) < 4.78 is 52.4. The van der Waals surface area contributed by atoms with Crippen LogP contribution >= 0.6 is 0 Å². The Morgan fingerprint density at radius 2 is 1.87 bits per heavy atom. The molecule has 1 amide bonds. The van der Waals surface area contributed by atoms with Crippen LogP contribution in [0.5, 0.6) is 0 Å². The predicted octanol–water partition coefficient (Wildman–Crippen LogP) is 4.86. The van der Waals surface area contributed by atoms with Gasteiger partial charge in [-0.15, -0.1) is 0 Å². The number of nitro groups is 1. The van der Waals surface area contributed by atoms with Gasteiger partial charge in [-0.3, -0.25) is 24.2 Å². The summed E-state index contributed by atoms with van der Waals surface area (Å²) in [5.41, 5.74) is -0.672. The number of nitro benzene ring substituents is 1. The van der Waals surface area contributed by atoms with Crippen molar-refractivity contribution in [3.63, 3.8) is 0 Å². The number of carbonyl (C=O) groups is 1. The average molecular weight is 638 g/mol. The molecule has 0 radical (unpaired) electrons. The summed E-state index contributed by atoms with van der Waals surface area (Å²) in [6.07, 6.45) is 3.82. The second-order valence-corrected chi connectivity index (χ2v) is 13.8. The van der Waals surface area contributed by atoms with Crippen molar-refractivity contribution in [3.05, 3.63) is 76.9 Å². The van der Waals surface area contributed by atoms with Crippen molar-refractivity contribution in [2.75, 3.05) is 35.4 Å². The number of para-hydroxylation sites is 1. The summed E-state index contributed by atoms with van der Waals surface area (Å²) in [6.45, 7) is 6.42. The van der Waals surface area contributed by atoms with Crippen molar-refractivity contribution in [1.82, 2.24) is 19.5 Å². The number of aromatic nitrogens is 3. The third-order valence-corrected chi connectivity index (χ3v) is 9.73. The van der Waals surface area contributed by atoms with Gasteiger partial charge in [0.25, 0.3) is 15.7 Å². The van der Waals surface area contributed by atoms with Gasteiger partial charge in [-0.25, -0.2) is 27.1 Å². The van der Waals surface area contributed by atoms with Gasteiger partial charge in [-0.1, -0.05) is 12.1 Å². The maximum absolute atomic E-state index is 15.6. The number of halogens is 1. The van der Waals surface area contributed by atoms with Gasteiger partial charge in [0.1, 0.15) is 17.2 Å². The Bertz CT molecular complexity index is 1910. The highest BCUT2D eigenvalue weighted by Gasteiger charge is 2.37. The second-order valence-electron chi connectivity index (χ2n) is 12.0. The molecule has 1 saturated heterocycles. The number of carbonyl (C=O) groups excluding carboxylic acids is 1. The molecular weight excluding hydrogens is 605 g/mol. The number of sulfonamides is 1. The smallest absolute Gasteiger partial charge is 0.416 e. The molecule has 4 bridgehead atoms. The largest absolute Gasteiger partial charge is 0.443 e. The van der Waals surface area contributed by atoms with E-state index in [9.17, 15) is 23.3 Å². The summed E-state index contributed by atoms with van der Waals surface area (Å²) in [5, 5.41) is 16.2. The Kier molecular flexibility index (Phi) is 7.69. The molecule has 0 spiro atoms. The van der Waals surface area contributed by atoms with Crippen molar-refractivity contribution in [3.8, 4) is 11.1 Å². The number of fused-ring (bicyclic) bond motifs is 5. The summed E-state index contributed by atoms with van der Waals surface area (Å²) >= 11 is 0. The van der Waals surface area contributed by atoms with Crippen molar-refractivity contribution >= 4 is 39.0 Å². The van der Waals surface area contributed by atoms with E-state index in [1.54, 1.807) is 33.0 Å². The Hall–Kier alpha value is -4.63. The number of rotatable bonds is 3. The van der Waals surface area contributed by atoms with Crippen LogP contribution in [0.25, 0.3) is 16.8 Å². The lowest BCUT2D eigenvalue weighted by Crippen LogP contribution is -2.47. The van der Waals surface area contributed by atoms with Crippen LogP contribution in [0.1, 0.15) is 33.6 Å². The van der Waals surface area contributed by atoms with Gasteiger partial charge in [0.05, 0.1) is 16.8 Å². The molecule has 236 valence electrons. The molecule has 1 fully saturated rings. The SMILES string of the molecule is CC(C)(C)OC(=O)N1CCN2CCC[C@H]2CN(S(=O)(=O)c2ccccc2[N+](=O)[O-])c2ccc(F)c(c2)-c2cnn3ccc1nc23. The third kappa shape index (κ3) is 5.80. The average Bonchev–Trinajstić information content (AvgIpc) is 3.61. The van der Waals surface area contributed by atoms with Gasteiger partial charge >= 0.3 is 6.09 Å². The number of nitrogens with zero attached hydrogens (tertiary/aromatic N) is 7. The summed E-state index contributed by atoms with van der Waals surface area (Å²) in [5.74, 6) is -0.356. The summed E-state index contributed by atoms with van der Waals surface area (Å²) in [4.78, 5) is 32.3. The standard InChI is InChI=1S/C30H32FN7O6S/c1-30(2,3)44-29(39)35-16-15-34-13-6-7-21(34)19-37(45(42,43)26-9-5-4-8-25(26)38(40)41)20-10-11-24(31)22(17-20)23-18-32-36-14-12-27(35)33-28(23)36/h4-5,8-12,14,17-18,21H,6-7,13,15-16,19H2,1-3H3/t21-/m0/s1. The molecule has 0 saturated carbocycles. The van der Waals surface area contributed by atoms with E-state index >= 15 is 4.39 Å². The Balaban J connectivity index is 1.55. The minimum Gasteiger partial charge on any atom is -0.443 e. The van der Waals surface area contributed by atoms with Gasteiger partial charge in [-0.2, -0.15) is 5.10 Å². The minimum atomic E-state index is -4.51. The first-order chi connectivity index (χ1) is 21.3. The van der Waals surface area contributed by atoms with E-state index in [4.69, 9.17) is 9.72 Å². The van der Waals surface area contributed by atoms with Crippen LogP contribution in [-0.2, 0) is 14.8 Å². The maximum atomic E-state index is 15.6. The molecule has 2 aliphatic heterocycles. The molecule has 45 heavy (non-hydrogen) atoms. The highest BCUT2D eigenvalue weighted by Crippen LogP contribution is 2.36. The van der Waals surface area contributed by atoms with E-state index in [2.05, 4.69) is 10.00 Å². The molecule has 1 atom stereocenters. The monoisotopic (exact) mass is 637 g/mol. The molecule has 15 heteroatoms. The topological polar surface area (TPSA) is 143 Å². The highest BCUT2D eigenvalue weighted by atomic mass is 32.2. The van der Waals surface area contributed by atoms with E-state index in [1.807, 2.05) is 0 Å². The first kappa shape index (κ1) is 30.4. The molecule has 4 heterocycles. The van der Waals surface area contributed by atoms with Crippen LogP contribution in [0.15, 0.2) is 65.8 Å². The van der Waals surface area contributed by atoms with Crippen LogP contribution in [0.3, 0.4) is 0 Å². The molecule has 13 nitrogen and oxygen atoms in total. The Morgan fingerprint density at radius 1 is 1.09 bits per heavy atom. The van der Waals surface area contributed by atoms with Crippen molar-refractivity contribution in [2.24, 2.45) is 0 Å². The number of benzene rings is 2. The third-order valence-electron chi connectivity index (χ3n) is 7.89. The van der Waals surface area contributed by atoms with Crippen molar-refractivity contribution in [2.45, 2.75) is 50.2 Å². The van der Waals surface area contributed by atoms with Crippen LogP contribution in [-0.4, -0.2) is 76.8 Å². The number of hydrogen-bond donors (Lipinski definition) is 0.